The summed E-state index contributed by atoms with van der Waals surface area (Å²) in [6.07, 6.45) is 0.690. The average molecular weight is 265 g/mol. The molecule has 5 heteroatoms. The van der Waals surface area contributed by atoms with Gasteiger partial charge in [-0.1, -0.05) is 17.3 Å². The molecule has 5 nitrogen and oxygen atoms in total. The van der Waals surface area contributed by atoms with E-state index in [-0.39, 0.29) is 11.8 Å². The first-order chi connectivity index (χ1) is 9.06. The smallest absolute Gasteiger partial charge is 0.356 e. The number of hydrogen-bond acceptors (Lipinski definition) is 5. The highest BCUT2D eigenvalue weighted by Gasteiger charge is 2.15. The van der Waals surface area contributed by atoms with Crippen molar-refractivity contribution in [3.63, 3.8) is 0 Å². The molecular formula is C14H19NO4. The monoisotopic (exact) mass is 265 g/mol. The van der Waals surface area contributed by atoms with Gasteiger partial charge in [0.05, 0.1) is 13.2 Å². The van der Waals surface area contributed by atoms with Crippen molar-refractivity contribution in [2.24, 2.45) is 5.16 Å². The van der Waals surface area contributed by atoms with E-state index in [1.165, 1.54) is 0 Å². The van der Waals surface area contributed by atoms with Crippen LogP contribution in [0.3, 0.4) is 0 Å². The summed E-state index contributed by atoms with van der Waals surface area (Å²) in [4.78, 5) is 11.6. The van der Waals surface area contributed by atoms with Gasteiger partial charge in [0, 0.05) is 6.42 Å². The Balaban J connectivity index is 2.55. The quantitative estimate of drug-likeness (QED) is 0.371. The number of nitrogens with zero attached hydrogens (tertiary/aromatic N) is 1. The van der Waals surface area contributed by atoms with Crippen molar-refractivity contribution in [2.75, 3.05) is 7.11 Å². The molecular weight excluding hydrogens is 246 g/mol. The largest absolute Gasteiger partial charge is 0.497 e. The van der Waals surface area contributed by atoms with Gasteiger partial charge in [-0.3, -0.25) is 0 Å². The molecule has 0 radical (unpaired) electrons. The number of benzene rings is 1. The number of hydrogen-bond donors (Lipinski definition) is 1. The molecule has 19 heavy (non-hydrogen) atoms. The molecule has 104 valence electrons. The van der Waals surface area contributed by atoms with E-state index in [1.807, 2.05) is 24.3 Å². The summed E-state index contributed by atoms with van der Waals surface area (Å²) in [7, 11) is 1.60. The molecule has 0 unspecified atom stereocenters. The van der Waals surface area contributed by atoms with Crippen LogP contribution in [-0.4, -0.2) is 30.1 Å². The van der Waals surface area contributed by atoms with E-state index in [0.29, 0.717) is 12.8 Å². The fraction of sp³-hybridized carbons (Fsp3) is 0.429. The van der Waals surface area contributed by atoms with Crippen molar-refractivity contribution in [1.29, 1.82) is 0 Å². The molecule has 0 bridgehead atoms. The molecule has 0 atom stereocenters. The number of oxime groups is 1. The van der Waals surface area contributed by atoms with Gasteiger partial charge < -0.3 is 14.7 Å². The number of ether oxygens (including phenoxy) is 2. The topological polar surface area (TPSA) is 68.1 Å². The molecule has 0 saturated heterocycles. The molecule has 0 heterocycles. The maximum Gasteiger partial charge on any atom is 0.356 e. The van der Waals surface area contributed by atoms with Gasteiger partial charge in [0.1, 0.15) is 5.75 Å². The van der Waals surface area contributed by atoms with Gasteiger partial charge in [-0.2, -0.15) is 0 Å². The predicted octanol–water partition coefficient (Wildman–Crippen LogP) is 2.41. The second-order valence-corrected chi connectivity index (χ2v) is 4.35. The number of aryl methyl sites for hydroxylation is 1. The van der Waals surface area contributed by atoms with Crippen LogP contribution < -0.4 is 4.74 Å². The first kappa shape index (κ1) is 15.0. The van der Waals surface area contributed by atoms with Crippen LogP contribution in [0.5, 0.6) is 5.75 Å². The fourth-order valence-electron chi connectivity index (χ4n) is 1.53. The minimum absolute atomic E-state index is 0.0320. The van der Waals surface area contributed by atoms with Gasteiger partial charge in [-0.15, -0.1) is 0 Å². The normalized spacial score (nSPS) is 11.5. The second-order valence-electron chi connectivity index (χ2n) is 4.35. The maximum atomic E-state index is 11.6. The SMILES string of the molecule is COc1ccc(CCC(=NO)C(=O)OC(C)C)cc1. The third-order valence-corrected chi connectivity index (χ3v) is 2.51. The van der Waals surface area contributed by atoms with Gasteiger partial charge >= 0.3 is 5.97 Å². The third-order valence-electron chi connectivity index (χ3n) is 2.51. The fourth-order valence-corrected chi connectivity index (χ4v) is 1.53. The summed E-state index contributed by atoms with van der Waals surface area (Å²) in [6, 6.07) is 7.50. The Morgan fingerprint density at radius 3 is 2.42 bits per heavy atom. The first-order valence-electron chi connectivity index (χ1n) is 6.11. The summed E-state index contributed by atoms with van der Waals surface area (Å²) in [5.74, 6) is 0.199. The van der Waals surface area contributed by atoms with E-state index in [2.05, 4.69) is 5.16 Å². The Kier molecular flexibility index (Phi) is 5.85. The van der Waals surface area contributed by atoms with Crippen LogP contribution in [0.1, 0.15) is 25.8 Å². The van der Waals surface area contributed by atoms with Gasteiger partial charge in [0.15, 0.2) is 5.71 Å². The first-order valence-corrected chi connectivity index (χ1v) is 6.11. The maximum absolute atomic E-state index is 11.6. The predicted molar refractivity (Wildman–Crippen MR) is 71.8 cm³/mol. The second kappa shape index (κ2) is 7.41. The average Bonchev–Trinajstić information content (AvgIpc) is 2.39. The van der Waals surface area contributed by atoms with E-state index in [9.17, 15) is 4.79 Å². The lowest BCUT2D eigenvalue weighted by Crippen LogP contribution is -2.21. The van der Waals surface area contributed by atoms with Crippen LogP contribution >= 0.6 is 0 Å². The zero-order chi connectivity index (χ0) is 14.3. The number of carbonyl (C=O) groups excluding carboxylic acids is 1. The van der Waals surface area contributed by atoms with E-state index >= 15 is 0 Å². The van der Waals surface area contributed by atoms with Gasteiger partial charge in [0.25, 0.3) is 0 Å². The van der Waals surface area contributed by atoms with Crippen LogP contribution in [0.4, 0.5) is 0 Å². The minimum atomic E-state index is -0.578. The lowest BCUT2D eigenvalue weighted by molar-refractivity contribution is -0.139. The molecule has 1 aromatic carbocycles. The van der Waals surface area contributed by atoms with E-state index < -0.39 is 5.97 Å². The van der Waals surface area contributed by atoms with Crippen molar-refractivity contribution in [1.82, 2.24) is 0 Å². The Morgan fingerprint density at radius 2 is 1.95 bits per heavy atom. The summed E-state index contributed by atoms with van der Waals surface area (Å²) in [5, 5.41) is 11.8. The molecule has 0 aliphatic carbocycles. The van der Waals surface area contributed by atoms with Crippen LogP contribution in [0.15, 0.2) is 29.4 Å². The molecule has 0 aliphatic heterocycles. The summed E-state index contributed by atoms with van der Waals surface area (Å²) in [5.41, 5.74) is 1.06. The van der Waals surface area contributed by atoms with E-state index in [1.54, 1.807) is 21.0 Å². The zero-order valence-electron chi connectivity index (χ0n) is 11.4. The Hall–Kier alpha value is -2.04. The third kappa shape index (κ3) is 4.99. The molecule has 1 N–H and O–H groups in total. The van der Waals surface area contributed by atoms with Crippen LogP contribution in [-0.2, 0) is 16.0 Å². The number of methoxy groups -OCH3 is 1. The standard InChI is InChI=1S/C14H19NO4/c1-10(2)19-14(16)13(15-17)9-6-11-4-7-12(18-3)8-5-11/h4-5,7-8,10,17H,6,9H2,1-3H3. The molecule has 0 saturated carbocycles. The molecule has 1 aromatic rings. The Bertz CT molecular complexity index is 437. The van der Waals surface area contributed by atoms with Gasteiger partial charge in [0.2, 0.25) is 0 Å². The Morgan fingerprint density at radius 1 is 1.32 bits per heavy atom. The van der Waals surface area contributed by atoms with Crippen LogP contribution in [0.2, 0.25) is 0 Å². The van der Waals surface area contributed by atoms with Crippen molar-refractivity contribution in [3.8, 4) is 5.75 Å². The van der Waals surface area contributed by atoms with E-state index in [0.717, 1.165) is 11.3 Å². The molecule has 0 spiro atoms. The molecule has 0 aliphatic rings. The van der Waals surface area contributed by atoms with Crippen molar-refractivity contribution < 1.29 is 19.5 Å². The minimum Gasteiger partial charge on any atom is -0.497 e. The van der Waals surface area contributed by atoms with Gasteiger partial charge in [-0.05, 0) is 38.0 Å². The number of esters is 1. The van der Waals surface area contributed by atoms with Crippen LogP contribution in [0, 0.1) is 0 Å². The lowest BCUT2D eigenvalue weighted by Gasteiger charge is -2.09. The summed E-state index contributed by atoms with van der Waals surface area (Å²) in [6.45, 7) is 3.49. The molecule has 0 aromatic heterocycles. The van der Waals surface area contributed by atoms with Gasteiger partial charge in [-0.25, -0.2) is 4.79 Å². The lowest BCUT2D eigenvalue weighted by atomic mass is 10.1. The van der Waals surface area contributed by atoms with Crippen molar-refractivity contribution in [3.05, 3.63) is 29.8 Å². The molecule has 0 fully saturated rings. The summed E-state index contributed by atoms with van der Waals surface area (Å²) >= 11 is 0. The summed E-state index contributed by atoms with van der Waals surface area (Å²) < 4.78 is 10.0. The number of carbonyl (C=O) groups is 1. The van der Waals surface area contributed by atoms with Crippen molar-refractivity contribution >= 4 is 11.7 Å². The highest BCUT2D eigenvalue weighted by atomic mass is 16.5. The molecule has 1 rings (SSSR count). The van der Waals surface area contributed by atoms with Crippen LogP contribution in [0.25, 0.3) is 0 Å². The van der Waals surface area contributed by atoms with E-state index in [4.69, 9.17) is 14.7 Å². The Labute approximate surface area is 112 Å². The van der Waals surface area contributed by atoms with Crippen molar-refractivity contribution in [2.45, 2.75) is 32.8 Å². The zero-order valence-corrected chi connectivity index (χ0v) is 11.4. The highest BCUT2D eigenvalue weighted by Crippen LogP contribution is 2.13. The number of rotatable bonds is 6. The highest BCUT2D eigenvalue weighted by molar-refractivity contribution is 6.36. The molecule has 0 amide bonds.